The summed E-state index contributed by atoms with van der Waals surface area (Å²) in [5.41, 5.74) is 3.07. The summed E-state index contributed by atoms with van der Waals surface area (Å²) in [5, 5.41) is 4.05. The van der Waals surface area contributed by atoms with Gasteiger partial charge in [-0.3, -0.25) is 4.79 Å². The zero-order valence-electron chi connectivity index (χ0n) is 14.9. The van der Waals surface area contributed by atoms with Gasteiger partial charge in [-0.25, -0.2) is 0 Å². The Labute approximate surface area is 163 Å². The molecule has 4 nitrogen and oxygen atoms in total. The molecule has 0 bridgehead atoms. The van der Waals surface area contributed by atoms with Gasteiger partial charge < -0.3 is 14.8 Å². The van der Waals surface area contributed by atoms with E-state index in [1.807, 2.05) is 60.7 Å². The van der Waals surface area contributed by atoms with Crippen molar-refractivity contribution in [3.05, 3.63) is 88.9 Å². The quantitative estimate of drug-likeness (QED) is 0.552. The van der Waals surface area contributed by atoms with Crippen LogP contribution < -0.4 is 10.1 Å². The topological polar surface area (TPSA) is 47.6 Å². The van der Waals surface area contributed by atoms with Crippen LogP contribution in [0.3, 0.4) is 0 Å². The Bertz CT molecular complexity index is 875. The fourth-order valence-corrected chi connectivity index (χ4v) is 2.62. The fourth-order valence-electron chi connectivity index (χ4n) is 2.50. The molecule has 0 saturated heterocycles. The molecule has 0 aromatic heterocycles. The first kappa shape index (κ1) is 18.8. The largest absolute Gasteiger partial charge is 0.469 e. The van der Waals surface area contributed by atoms with Crippen molar-refractivity contribution >= 4 is 23.3 Å². The van der Waals surface area contributed by atoms with Crippen molar-refractivity contribution < 1.29 is 14.3 Å². The van der Waals surface area contributed by atoms with Gasteiger partial charge >= 0.3 is 5.97 Å². The van der Waals surface area contributed by atoms with Crippen molar-refractivity contribution in [1.29, 1.82) is 0 Å². The zero-order chi connectivity index (χ0) is 19.1. The van der Waals surface area contributed by atoms with Crippen LogP contribution in [0.1, 0.15) is 11.1 Å². The zero-order valence-corrected chi connectivity index (χ0v) is 15.7. The molecular weight excluding hydrogens is 362 g/mol. The van der Waals surface area contributed by atoms with E-state index in [4.69, 9.17) is 16.3 Å². The van der Waals surface area contributed by atoms with E-state index in [0.717, 1.165) is 28.3 Å². The molecule has 0 fully saturated rings. The highest BCUT2D eigenvalue weighted by Crippen LogP contribution is 2.24. The van der Waals surface area contributed by atoms with E-state index in [1.165, 1.54) is 7.11 Å². The van der Waals surface area contributed by atoms with Crippen LogP contribution in [-0.2, 0) is 22.5 Å². The fraction of sp³-hybridized carbons (Fsp3) is 0.136. The van der Waals surface area contributed by atoms with Crippen molar-refractivity contribution in [2.75, 3.05) is 12.4 Å². The number of methoxy groups -OCH3 is 1. The number of ether oxygens (including phenoxy) is 2. The Kier molecular flexibility index (Phi) is 6.34. The second-order valence-electron chi connectivity index (χ2n) is 6.00. The molecule has 0 aliphatic rings. The summed E-state index contributed by atoms with van der Waals surface area (Å²) in [6.07, 6.45) is 0.291. The number of carbonyl (C=O) groups is 1. The van der Waals surface area contributed by atoms with Crippen LogP contribution in [0.2, 0.25) is 5.02 Å². The summed E-state index contributed by atoms with van der Waals surface area (Å²) in [6.45, 7) is 0.690. The second-order valence-corrected chi connectivity index (χ2v) is 6.44. The Morgan fingerprint density at radius 3 is 2.00 bits per heavy atom. The minimum atomic E-state index is -0.234. The number of rotatable bonds is 7. The lowest BCUT2D eigenvalue weighted by Crippen LogP contribution is -2.05. The number of benzene rings is 3. The van der Waals surface area contributed by atoms with E-state index in [9.17, 15) is 4.79 Å². The van der Waals surface area contributed by atoms with Crippen LogP contribution in [0.25, 0.3) is 0 Å². The van der Waals surface area contributed by atoms with Crippen LogP contribution >= 0.6 is 11.6 Å². The Morgan fingerprint density at radius 2 is 1.41 bits per heavy atom. The molecular formula is C22H20ClNO3. The minimum absolute atomic E-state index is 0.234. The highest BCUT2D eigenvalue weighted by molar-refractivity contribution is 6.30. The summed E-state index contributed by atoms with van der Waals surface area (Å²) >= 11 is 5.87. The molecule has 0 aliphatic heterocycles. The first-order valence-electron chi connectivity index (χ1n) is 8.54. The lowest BCUT2D eigenvalue weighted by atomic mass is 10.1. The number of carbonyl (C=O) groups excluding carboxylic acids is 1. The van der Waals surface area contributed by atoms with Crippen LogP contribution in [0.5, 0.6) is 11.5 Å². The van der Waals surface area contributed by atoms with Gasteiger partial charge in [0.25, 0.3) is 0 Å². The third kappa shape index (κ3) is 5.76. The van der Waals surface area contributed by atoms with E-state index in [1.54, 1.807) is 12.1 Å². The molecule has 3 aromatic rings. The molecule has 0 amide bonds. The predicted octanol–water partition coefficient (Wildman–Crippen LogP) is 5.46. The number of hydrogen-bond acceptors (Lipinski definition) is 4. The van der Waals surface area contributed by atoms with Gasteiger partial charge in [-0.1, -0.05) is 35.9 Å². The van der Waals surface area contributed by atoms with Gasteiger partial charge in [-0.05, 0) is 59.7 Å². The van der Waals surface area contributed by atoms with Crippen LogP contribution in [0.15, 0.2) is 72.8 Å². The monoisotopic (exact) mass is 381 g/mol. The van der Waals surface area contributed by atoms with E-state index in [-0.39, 0.29) is 5.97 Å². The summed E-state index contributed by atoms with van der Waals surface area (Å²) in [6, 6.07) is 22.9. The van der Waals surface area contributed by atoms with Gasteiger partial charge in [0.05, 0.1) is 13.5 Å². The van der Waals surface area contributed by atoms with Crippen molar-refractivity contribution in [1.82, 2.24) is 0 Å². The van der Waals surface area contributed by atoms with Crippen molar-refractivity contribution in [2.45, 2.75) is 13.0 Å². The molecule has 0 atom stereocenters. The molecule has 0 unspecified atom stereocenters. The third-order valence-corrected chi connectivity index (χ3v) is 4.25. The SMILES string of the molecule is COC(=O)Cc1ccc(CNc2ccc(Oc3ccc(Cl)cc3)cc2)cc1. The van der Waals surface area contributed by atoms with E-state index in [2.05, 4.69) is 10.1 Å². The maximum Gasteiger partial charge on any atom is 0.309 e. The van der Waals surface area contributed by atoms with Gasteiger partial charge in [-0.2, -0.15) is 0 Å². The predicted molar refractivity (Wildman–Crippen MR) is 107 cm³/mol. The Hall–Kier alpha value is -2.98. The van der Waals surface area contributed by atoms with Gasteiger partial charge in [-0.15, -0.1) is 0 Å². The van der Waals surface area contributed by atoms with Gasteiger partial charge in [0.1, 0.15) is 11.5 Å². The highest BCUT2D eigenvalue weighted by atomic mass is 35.5. The first-order chi connectivity index (χ1) is 13.1. The normalized spacial score (nSPS) is 10.3. The Balaban J connectivity index is 1.52. The first-order valence-corrected chi connectivity index (χ1v) is 8.92. The molecule has 3 rings (SSSR count). The maximum absolute atomic E-state index is 11.3. The standard InChI is InChI=1S/C22H20ClNO3/c1-26-22(25)14-16-2-4-17(5-3-16)15-24-19-8-12-21(13-9-19)27-20-10-6-18(23)7-11-20/h2-13,24H,14-15H2,1H3. The van der Waals surface area contributed by atoms with Gasteiger partial charge in [0.2, 0.25) is 0 Å². The number of anilines is 1. The molecule has 5 heteroatoms. The van der Waals surface area contributed by atoms with Crippen LogP contribution in [0, 0.1) is 0 Å². The minimum Gasteiger partial charge on any atom is -0.469 e. The van der Waals surface area contributed by atoms with Crippen LogP contribution in [0.4, 0.5) is 5.69 Å². The lowest BCUT2D eigenvalue weighted by molar-refractivity contribution is -0.139. The third-order valence-electron chi connectivity index (χ3n) is 4.00. The molecule has 3 aromatic carbocycles. The molecule has 0 aliphatic carbocycles. The highest BCUT2D eigenvalue weighted by Gasteiger charge is 2.03. The number of esters is 1. The smallest absolute Gasteiger partial charge is 0.309 e. The summed E-state index contributed by atoms with van der Waals surface area (Å²) < 4.78 is 10.5. The summed E-state index contributed by atoms with van der Waals surface area (Å²) in [5.74, 6) is 1.27. The lowest BCUT2D eigenvalue weighted by Gasteiger charge is -2.09. The maximum atomic E-state index is 11.3. The van der Waals surface area contributed by atoms with Crippen LogP contribution in [-0.4, -0.2) is 13.1 Å². The molecule has 27 heavy (non-hydrogen) atoms. The Morgan fingerprint density at radius 1 is 0.852 bits per heavy atom. The summed E-state index contributed by atoms with van der Waals surface area (Å²) in [4.78, 5) is 11.3. The van der Waals surface area contributed by atoms with Crippen molar-refractivity contribution in [3.8, 4) is 11.5 Å². The molecule has 0 spiro atoms. The van der Waals surface area contributed by atoms with E-state index >= 15 is 0 Å². The van der Waals surface area contributed by atoms with E-state index in [0.29, 0.717) is 18.0 Å². The average Bonchev–Trinajstić information content (AvgIpc) is 2.70. The number of hydrogen-bond donors (Lipinski definition) is 1. The second kappa shape index (κ2) is 9.10. The molecule has 138 valence electrons. The van der Waals surface area contributed by atoms with Crippen molar-refractivity contribution in [3.63, 3.8) is 0 Å². The molecule has 1 N–H and O–H groups in total. The molecule has 0 radical (unpaired) electrons. The average molecular weight is 382 g/mol. The number of nitrogens with one attached hydrogen (secondary N) is 1. The number of halogens is 1. The van der Waals surface area contributed by atoms with Crippen molar-refractivity contribution in [2.24, 2.45) is 0 Å². The molecule has 0 saturated carbocycles. The van der Waals surface area contributed by atoms with Gasteiger partial charge in [0.15, 0.2) is 0 Å². The van der Waals surface area contributed by atoms with E-state index < -0.39 is 0 Å². The summed E-state index contributed by atoms with van der Waals surface area (Å²) in [7, 11) is 1.40. The van der Waals surface area contributed by atoms with Gasteiger partial charge in [0, 0.05) is 17.3 Å². The molecule has 0 heterocycles.